The first-order valence-electron chi connectivity index (χ1n) is 10.5. The maximum absolute atomic E-state index is 11.8. The summed E-state index contributed by atoms with van der Waals surface area (Å²) in [5.74, 6) is 2.01. The third-order valence-corrected chi connectivity index (χ3v) is 5.70. The van der Waals surface area contributed by atoms with Gasteiger partial charge in [0, 0.05) is 18.3 Å². The molecule has 4 rings (SSSR count). The number of hydrogen-bond acceptors (Lipinski definition) is 6. The van der Waals surface area contributed by atoms with Gasteiger partial charge in [0.25, 0.3) is 0 Å². The number of nitrogens with zero attached hydrogens (tertiary/aromatic N) is 2. The summed E-state index contributed by atoms with van der Waals surface area (Å²) >= 11 is 5.60. The van der Waals surface area contributed by atoms with Gasteiger partial charge in [-0.15, -0.1) is 0 Å². The fraction of sp³-hybridized carbons (Fsp3) is 0.292. The molecule has 2 atom stereocenters. The Labute approximate surface area is 192 Å². The number of carbonyl (C=O) groups excluding carboxylic acids is 1. The topological polar surface area (TPSA) is 76.8 Å². The van der Waals surface area contributed by atoms with Gasteiger partial charge < -0.3 is 24.1 Å². The molecular formula is C24H25N3O4S. The summed E-state index contributed by atoms with van der Waals surface area (Å²) < 4.78 is 16.6. The van der Waals surface area contributed by atoms with Crippen LogP contribution in [0.4, 0.5) is 0 Å². The molecule has 0 amide bonds. The fourth-order valence-electron chi connectivity index (χ4n) is 3.82. The molecule has 2 aromatic heterocycles. The number of pyridine rings is 1. The SMILES string of the molecule is CCOc1ccc(-c2ccc([C@H]3[C@H](c4ccccn4)NC(=S)N3CCC(=O)OC)o2)cc1. The lowest BCUT2D eigenvalue weighted by atomic mass is 10.0. The Hall–Kier alpha value is -3.39. The Morgan fingerprint density at radius 3 is 2.69 bits per heavy atom. The van der Waals surface area contributed by atoms with Crippen LogP contribution in [0.2, 0.25) is 0 Å². The van der Waals surface area contributed by atoms with Crippen LogP contribution in [-0.2, 0) is 9.53 Å². The molecule has 166 valence electrons. The number of rotatable bonds is 8. The number of carbonyl (C=O) groups is 1. The van der Waals surface area contributed by atoms with E-state index in [0.717, 1.165) is 28.5 Å². The fourth-order valence-corrected chi connectivity index (χ4v) is 4.15. The molecule has 8 heteroatoms. The van der Waals surface area contributed by atoms with Gasteiger partial charge >= 0.3 is 5.97 Å². The minimum Gasteiger partial charge on any atom is -0.494 e. The standard InChI is InChI=1S/C24H25N3O4S/c1-3-30-17-9-7-16(8-10-17)19-11-12-20(31-19)23-22(18-6-4-5-14-25-18)26-24(32)27(23)15-13-21(28)29-2/h4-12,14,22-23H,3,13,15H2,1-2H3,(H,26,32)/t22-,23-/m0/s1. The van der Waals surface area contributed by atoms with Crippen LogP contribution in [0, 0.1) is 0 Å². The first-order valence-corrected chi connectivity index (χ1v) is 10.9. The first-order chi connectivity index (χ1) is 15.6. The predicted molar refractivity (Wildman–Crippen MR) is 124 cm³/mol. The lowest BCUT2D eigenvalue weighted by molar-refractivity contribution is -0.140. The summed E-state index contributed by atoms with van der Waals surface area (Å²) in [5.41, 5.74) is 1.79. The maximum atomic E-state index is 11.8. The molecule has 0 radical (unpaired) electrons. The Balaban J connectivity index is 1.64. The smallest absolute Gasteiger partial charge is 0.307 e. The molecule has 3 aromatic rings. The van der Waals surface area contributed by atoms with E-state index >= 15 is 0 Å². The van der Waals surface area contributed by atoms with Crippen LogP contribution in [0.5, 0.6) is 5.75 Å². The zero-order valence-corrected chi connectivity index (χ0v) is 18.8. The molecule has 0 bridgehead atoms. The van der Waals surface area contributed by atoms with Gasteiger partial charge in [0.1, 0.15) is 23.3 Å². The van der Waals surface area contributed by atoms with Crippen molar-refractivity contribution >= 4 is 23.3 Å². The minimum atomic E-state index is -0.289. The highest BCUT2D eigenvalue weighted by Crippen LogP contribution is 2.40. The van der Waals surface area contributed by atoms with Gasteiger partial charge in [0.05, 0.1) is 31.9 Å². The van der Waals surface area contributed by atoms with Gasteiger partial charge in [-0.3, -0.25) is 9.78 Å². The average molecular weight is 452 g/mol. The molecule has 1 N–H and O–H groups in total. The molecule has 7 nitrogen and oxygen atoms in total. The number of nitrogens with one attached hydrogen (secondary N) is 1. The van der Waals surface area contributed by atoms with Gasteiger partial charge in [-0.25, -0.2) is 0 Å². The quantitative estimate of drug-likeness (QED) is 0.402. The van der Waals surface area contributed by atoms with E-state index in [0.29, 0.717) is 18.3 Å². The number of ether oxygens (including phenoxy) is 2. The minimum absolute atomic E-state index is 0.208. The number of benzene rings is 1. The van der Waals surface area contributed by atoms with Gasteiger partial charge in [-0.2, -0.15) is 0 Å². The van der Waals surface area contributed by atoms with Crippen molar-refractivity contribution in [3.63, 3.8) is 0 Å². The number of furan rings is 1. The van der Waals surface area contributed by atoms with Crippen molar-refractivity contribution in [1.82, 2.24) is 15.2 Å². The summed E-state index contributed by atoms with van der Waals surface area (Å²) in [6.45, 7) is 2.98. The summed E-state index contributed by atoms with van der Waals surface area (Å²) in [4.78, 5) is 18.3. The molecule has 1 aromatic carbocycles. The van der Waals surface area contributed by atoms with Gasteiger partial charge in [0.2, 0.25) is 0 Å². The zero-order valence-electron chi connectivity index (χ0n) is 18.0. The highest BCUT2D eigenvalue weighted by Gasteiger charge is 2.41. The van der Waals surface area contributed by atoms with Crippen molar-refractivity contribution in [2.24, 2.45) is 0 Å². The third kappa shape index (κ3) is 4.60. The first kappa shape index (κ1) is 21.8. The second-order valence-electron chi connectivity index (χ2n) is 7.31. The number of methoxy groups -OCH3 is 1. The molecule has 0 unspecified atom stereocenters. The predicted octanol–water partition coefficient (Wildman–Crippen LogP) is 4.28. The highest BCUT2D eigenvalue weighted by atomic mass is 32.1. The van der Waals surface area contributed by atoms with E-state index in [1.165, 1.54) is 7.11 Å². The monoisotopic (exact) mass is 451 g/mol. The van der Waals surface area contributed by atoms with E-state index in [2.05, 4.69) is 10.3 Å². The average Bonchev–Trinajstić information content (AvgIpc) is 3.43. The number of aromatic nitrogens is 1. The maximum Gasteiger partial charge on any atom is 0.307 e. The molecule has 0 spiro atoms. The Morgan fingerprint density at radius 2 is 2.00 bits per heavy atom. The second-order valence-corrected chi connectivity index (χ2v) is 7.69. The van der Waals surface area contributed by atoms with Crippen molar-refractivity contribution in [3.8, 4) is 17.1 Å². The van der Waals surface area contributed by atoms with Crippen molar-refractivity contribution < 1.29 is 18.7 Å². The van der Waals surface area contributed by atoms with E-state index in [9.17, 15) is 4.79 Å². The van der Waals surface area contributed by atoms with Crippen molar-refractivity contribution in [3.05, 3.63) is 72.2 Å². The van der Waals surface area contributed by atoms with E-state index in [4.69, 9.17) is 26.1 Å². The van der Waals surface area contributed by atoms with Gasteiger partial charge in [0.15, 0.2) is 5.11 Å². The zero-order chi connectivity index (χ0) is 22.5. The summed E-state index contributed by atoms with van der Waals surface area (Å²) in [5, 5.41) is 3.90. The lowest BCUT2D eigenvalue weighted by Gasteiger charge is -2.25. The summed E-state index contributed by atoms with van der Waals surface area (Å²) in [6, 6.07) is 17.0. The molecule has 3 heterocycles. The Bertz CT molecular complexity index is 1070. The molecular weight excluding hydrogens is 426 g/mol. The van der Waals surface area contributed by atoms with Crippen LogP contribution in [0.1, 0.15) is 36.9 Å². The van der Waals surface area contributed by atoms with Crippen LogP contribution in [0.15, 0.2) is 65.2 Å². The molecule has 1 fully saturated rings. The highest BCUT2D eigenvalue weighted by molar-refractivity contribution is 7.80. The number of hydrogen-bond donors (Lipinski definition) is 1. The van der Waals surface area contributed by atoms with Crippen molar-refractivity contribution in [1.29, 1.82) is 0 Å². The van der Waals surface area contributed by atoms with E-state index in [1.54, 1.807) is 6.20 Å². The van der Waals surface area contributed by atoms with Gasteiger partial charge in [-0.1, -0.05) is 6.07 Å². The van der Waals surface area contributed by atoms with Crippen LogP contribution in [-0.4, -0.2) is 41.2 Å². The molecule has 1 saturated heterocycles. The van der Waals surface area contributed by atoms with Crippen molar-refractivity contribution in [2.45, 2.75) is 25.4 Å². The number of thiocarbonyl (C=S) groups is 1. The van der Waals surface area contributed by atoms with E-state index in [-0.39, 0.29) is 24.5 Å². The second kappa shape index (κ2) is 9.82. The van der Waals surface area contributed by atoms with Crippen LogP contribution in [0.25, 0.3) is 11.3 Å². The lowest BCUT2D eigenvalue weighted by Crippen LogP contribution is -2.31. The van der Waals surface area contributed by atoms with Crippen LogP contribution < -0.4 is 10.1 Å². The van der Waals surface area contributed by atoms with E-state index < -0.39 is 0 Å². The molecule has 1 aliphatic heterocycles. The molecule has 1 aliphatic rings. The molecule has 0 aliphatic carbocycles. The van der Waals surface area contributed by atoms with Crippen LogP contribution in [0.3, 0.4) is 0 Å². The Morgan fingerprint density at radius 1 is 1.19 bits per heavy atom. The molecule has 0 saturated carbocycles. The third-order valence-electron chi connectivity index (χ3n) is 5.35. The molecule has 32 heavy (non-hydrogen) atoms. The van der Waals surface area contributed by atoms with E-state index in [1.807, 2.05) is 66.4 Å². The summed E-state index contributed by atoms with van der Waals surface area (Å²) in [6.07, 6.45) is 1.97. The normalized spacial score (nSPS) is 17.8. The largest absolute Gasteiger partial charge is 0.494 e. The van der Waals surface area contributed by atoms with Crippen molar-refractivity contribution in [2.75, 3.05) is 20.3 Å². The van der Waals surface area contributed by atoms with Gasteiger partial charge in [-0.05, 0) is 67.7 Å². The number of esters is 1. The Kier molecular flexibility index (Phi) is 6.70. The van der Waals surface area contributed by atoms with Crippen LogP contribution >= 0.6 is 12.2 Å². The summed E-state index contributed by atoms with van der Waals surface area (Å²) in [7, 11) is 1.38.